The first-order chi connectivity index (χ1) is 14.4. The van der Waals surface area contributed by atoms with Crippen LogP contribution in [-0.4, -0.2) is 75.6 Å². The Morgan fingerprint density at radius 2 is 1.39 bits per heavy atom. The van der Waals surface area contributed by atoms with Crippen LogP contribution in [0.25, 0.3) is 0 Å². The van der Waals surface area contributed by atoms with E-state index >= 15 is 0 Å². The maximum absolute atomic E-state index is 10.4. The number of aliphatic hydroxyl groups excluding tert-OH is 1. The first kappa shape index (κ1) is 29.9. The molecule has 0 spiro atoms. The summed E-state index contributed by atoms with van der Waals surface area (Å²) in [5, 5.41) is 42.1. The molecule has 0 unspecified atom stereocenters. The summed E-state index contributed by atoms with van der Waals surface area (Å²) in [7, 11) is 0. The summed E-state index contributed by atoms with van der Waals surface area (Å²) in [5.41, 5.74) is 21.3. The molecule has 176 valence electrons. The summed E-state index contributed by atoms with van der Waals surface area (Å²) >= 11 is 0. The predicted molar refractivity (Wildman–Crippen MR) is 113 cm³/mol. The highest BCUT2D eigenvalue weighted by atomic mass is 16.4. The van der Waals surface area contributed by atoms with E-state index < -0.39 is 42.6 Å². The van der Waals surface area contributed by atoms with Crippen molar-refractivity contribution >= 4 is 23.9 Å². The van der Waals surface area contributed by atoms with Crippen LogP contribution in [0.1, 0.15) is 18.4 Å². The molecule has 1 aromatic carbocycles. The van der Waals surface area contributed by atoms with E-state index in [-0.39, 0.29) is 5.96 Å². The van der Waals surface area contributed by atoms with Gasteiger partial charge in [-0.15, -0.1) is 0 Å². The van der Waals surface area contributed by atoms with E-state index in [0.29, 0.717) is 25.8 Å². The molecule has 0 saturated carbocycles. The van der Waals surface area contributed by atoms with Gasteiger partial charge in [-0.25, -0.2) is 0 Å². The highest BCUT2D eigenvalue weighted by molar-refractivity contribution is 5.74. The number of aliphatic carboxylic acids is 3. The lowest BCUT2D eigenvalue weighted by atomic mass is 10.1. The van der Waals surface area contributed by atoms with Crippen molar-refractivity contribution in [1.82, 2.24) is 5.32 Å². The Kier molecular flexibility index (Phi) is 17.0. The first-order valence-corrected chi connectivity index (χ1v) is 9.10. The van der Waals surface area contributed by atoms with Crippen LogP contribution in [0.3, 0.4) is 0 Å². The topological polar surface area (TPSA) is 272 Å². The molecule has 13 heteroatoms. The fraction of sp³-hybridized carbons (Fsp3) is 0.444. The third kappa shape index (κ3) is 18.5. The van der Waals surface area contributed by atoms with Gasteiger partial charge in [0.15, 0.2) is 5.96 Å². The molecule has 31 heavy (non-hydrogen) atoms. The zero-order chi connectivity index (χ0) is 24.4. The van der Waals surface area contributed by atoms with Gasteiger partial charge >= 0.3 is 17.9 Å². The molecular formula is C18H32N6O7. The molecule has 0 saturated heterocycles. The first-order valence-electron chi connectivity index (χ1n) is 9.10. The maximum atomic E-state index is 10.4. The minimum absolute atomic E-state index is 0.112. The van der Waals surface area contributed by atoms with Crippen molar-refractivity contribution in [2.24, 2.45) is 22.9 Å². The van der Waals surface area contributed by atoms with Crippen molar-refractivity contribution in [3.05, 3.63) is 35.9 Å². The zero-order valence-electron chi connectivity index (χ0n) is 17.0. The van der Waals surface area contributed by atoms with Crippen LogP contribution < -0.4 is 28.3 Å². The Morgan fingerprint density at radius 1 is 0.903 bits per heavy atom. The Balaban J connectivity index is 0. The van der Waals surface area contributed by atoms with E-state index in [1.54, 1.807) is 0 Å². The molecule has 3 atom stereocenters. The van der Waals surface area contributed by atoms with Crippen molar-refractivity contribution in [1.29, 1.82) is 5.41 Å². The van der Waals surface area contributed by atoms with Crippen LogP contribution in [0, 0.1) is 5.41 Å². The summed E-state index contributed by atoms with van der Waals surface area (Å²) in [6.07, 6.45) is 1.36. The molecule has 0 fully saturated rings. The summed E-state index contributed by atoms with van der Waals surface area (Å²) in [6, 6.07) is 6.60. The number of carbonyl (C=O) groups is 3. The highest BCUT2D eigenvalue weighted by Gasteiger charge is 2.11. The second-order valence-electron chi connectivity index (χ2n) is 6.19. The summed E-state index contributed by atoms with van der Waals surface area (Å²) < 4.78 is 0. The van der Waals surface area contributed by atoms with E-state index in [1.165, 1.54) is 0 Å². The van der Waals surface area contributed by atoms with Crippen molar-refractivity contribution < 1.29 is 34.8 Å². The van der Waals surface area contributed by atoms with Crippen LogP contribution in [0.2, 0.25) is 0 Å². The van der Waals surface area contributed by atoms with Crippen molar-refractivity contribution in [3.63, 3.8) is 0 Å². The second kappa shape index (κ2) is 17.6. The van der Waals surface area contributed by atoms with E-state index in [9.17, 15) is 14.4 Å². The number of benzene rings is 1. The van der Waals surface area contributed by atoms with E-state index in [2.05, 4.69) is 5.32 Å². The maximum Gasteiger partial charge on any atom is 0.322 e. The number of nitrogens with one attached hydrogen (secondary N) is 2. The van der Waals surface area contributed by atoms with Crippen LogP contribution in [0.4, 0.5) is 0 Å². The largest absolute Gasteiger partial charge is 0.480 e. The Morgan fingerprint density at radius 3 is 1.74 bits per heavy atom. The second-order valence-corrected chi connectivity index (χ2v) is 6.19. The fourth-order valence-electron chi connectivity index (χ4n) is 1.70. The van der Waals surface area contributed by atoms with Gasteiger partial charge in [0, 0.05) is 6.54 Å². The molecule has 0 radical (unpaired) electrons. The van der Waals surface area contributed by atoms with E-state index in [1.807, 2.05) is 30.3 Å². The lowest BCUT2D eigenvalue weighted by molar-refractivity contribution is -0.140. The number of guanidine groups is 1. The van der Waals surface area contributed by atoms with Gasteiger partial charge in [-0.1, -0.05) is 30.3 Å². The third-order valence-electron chi connectivity index (χ3n) is 3.45. The number of carboxylic acid groups (broad SMARTS) is 3. The molecular weight excluding hydrogens is 412 g/mol. The van der Waals surface area contributed by atoms with Gasteiger partial charge in [0.1, 0.15) is 18.1 Å². The number of nitrogens with two attached hydrogens (primary N) is 4. The van der Waals surface area contributed by atoms with Gasteiger partial charge in [-0.05, 0) is 24.8 Å². The third-order valence-corrected chi connectivity index (χ3v) is 3.45. The minimum Gasteiger partial charge on any atom is -0.480 e. The van der Waals surface area contributed by atoms with Crippen LogP contribution in [0.15, 0.2) is 30.3 Å². The Hall–Kier alpha value is -3.26. The molecule has 0 aromatic heterocycles. The standard InChI is InChI=1S/C9H11NO2.C6H14N4O2.C3H7NO3/c10-8(9(11)12)6-7-4-2-1-3-5-7;7-4(5(11)12)2-1-3-10-6(8)9;4-2(1-5)3(6)7/h1-5,8H,6,10H2,(H,11,12);4H,1-3,7H2,(H,11,12)(H4,8,9,10);2,5H,1,4H2,(H,6,7)/t8-;4-;2-/m000/s1. The van der Waals surface area contributed by atoms with Crippen molar-refractivity contribution in [2.75, 3.05) is 13.2 Å². The van der Waals surface area contributed by atoms with Crippen LogP contribution in [-0.2, 0) is 20.8 Å². The SMILES string of the molecule is N=C(N)NCCC[C@H](N)C(=O)O.N[C@@H](CO)C(=O)O.N[C@@H](Cc1ccccc1)C(=O)O. The lowest BCUT2D eigenvalue weighted by Gasteiger charge is -2.06. The predicted octanol–water partition coefficient (Wildman–Crippen LogP) is -2.31. The minimum atomic E-state index is -1.18. The van der Waals surface area contributed by atoms with Gasteiger partial charge in [0.25, 0.3) is 0 Å². The summed E-state index contributed by atoms with van der Waals surface area (Å²) in [4.78, 5) is 30.2. The van der Waals surface area contributed by atoms with Crippen LogP contribution >= 0.6 is 0 Å². The average molecular weight is 444 g/mol. The molecule has 0 aliphatic heterocycles. The van der Waals surface area contributed by atoms with Gasteiger partial charge in [0.2, 0.25) is 0 Å². The monoisotopic (exact) mass is 444 g/mol. The van der Waals surface area contributed by atoms with E-state index in [0.717, 1.165) is 5.56 Å². The Labute approximate surface area is 179 Å². The summed E-state index contributed by atoms with van der Waals surface area (Å²) in [5.74, 6) is -3.25. The van der Waals surface area contributed by atoms with Gasteiger partial charge in [-0.3, -0.25) is 19.8 Å². The van der Waals surface area contributed by atoms with Gasteiger partial charge in [-0.2, -0.15) is 0 Å². The molecule has 1 rings (SSSR count). The summed E-state index contributed by atoms with van der Waals surface area (Å²) in [6.45, 7) is -0.0222. The molecule has 0 aliphatic rings. The highest BCUT2D eigenvalue weighted by Crippen LogP contribution is 2.01. The smallest absolute Gasteiger partial charge is 0.322 e. The Bertz CT molecular complexity index is 675. The van der Waals surface area contributed by atoms with Crippen molar-refractivity contribution in [2.45, 2.75) is 37.4 Å². The number of hydrogen-bond donors (Lipinski definition) is 10. The fourth-order valence-corrected chi connectivity index (χ4v) is 1.70. The molecule has 0 aliphatic carbocycles. The molecule has 14 N–H and O–H groups in total. The number of hydrogen-bond acceptors (Lipinski definition) is 8. The number of rotatable bonds is 10. The number of aliphatic hydroxyl groups is 1. The molecule has 13 nitrogen and oxygen atoms in total. The van der Waals surface area contributed by atoms with Gasteiger partial charge in [0.05, 0.1) is 6.61 Å². The van der Waals surface area contributed by atoms with Crippen LogP contribution in [0.5, 0.6) is 0 Å². The molecule has 1 aromatic rings. The van der Waals surface area contributed by atoms with E-state index in [4.69, 9.17) is 48.8 Å². The molecule has 0 amide bonds. The quantitative estimate of drug-likeness (QED) is 0.104. The lowest BCUT2D eigenvalue weighted by Crippen LogP contribution is -2.34. The van der Waals surface area contributed by atoms with Crippen molar-refractivity contribution in [3.8, 4) is 0 Å². The normalized spacial score (nSPS) is 12.5. The zero-order valence-corrected chi connectivity index (χ0v) is 17.0. The van der Waals surface area contributed by atoms with Gasteiger partial charge < -0.3 is 48.7 Å². The average Bonchev–Trinajstić information content (AvgIpc) is 2.71. The number of carboxylic acids is 3. The molecule has 0 bridgehead atoms. The molecule has 0 heterocycles.